The Kier molecular flexibility index (Phi) is 9.75. The summed E-state index contributed by atoms with van der Waals surface area (Å²) >= 11 is 0. The van der Waals surface area contributed by atoms with Gasteiger partial charge < -0.3 is 15.5 Å². The third kappa shape index (κ3) is 10.0. The average Bonchev–Trinajstić information content (AvgIpc) is 2.59. The maximum atomic E-state index is 12.2. The highest BCUT2D eigenvalue weighted by atomic mass is 16.4. The molecule has 3 atom stereocenters. The molecule has 1 amide bonds. The number of allylic oxidation sites excluding steroid dienone is 4. The summed E-state index contributed by atoms with van der Waals surface area (Å²) in [6, 6.07) is 0. The molecular weight excluding hydrogens is 370 g/mol. The summed E-state index contributed by atoms with van der Waals surface area (Å²) in [5.41, 5.74) is -0.0719. The van der Waals surface area contributed by atoms with E-state index < -0.39 is 17.5 Å². The Morgan fingerprint density at radius 2 is 1.90 bits per heavy atom. The van der Waals surface area contributed by atoms with Crippen LogP contribution in [-0.4, -0.2) is 33.5 Å². The maximum Gasteiger partial charge on any atom is 0.303 e. The van der Waals surface area contributed by atoms with Crippen molar-refractivity contribution < 1.29 is 24.6 Å². The zero-order chi connectivity index (χ0) is 22.0. The van der Waals surface area contributed by atoms with Crippen molar-refractivity contribution >= 4 is 17.7 Å². The summed E-state index contributed by atoms with van der Waals surface area (Å²) in [6.45, 7) is 8.28. The Hall–Kier alpha value is -2.47. The van der Waals surface area contributed by atoms with Gasteiger partial charge in [-0.25, -0.2) is 0 Å². The fourth-order valence-corrected chi connectivity index (χ4v) is 3.34. The molecule has 1 aliphatic carbocycles. The van der Waals surface area contributed by atoms with Crippen LogP contribution in [0, 0.1) is 11.8 Å². The van der Waals surface area contributed by atoms with Gasteiger partial charge in [0.25, 0.3) is 0 Å². The molecule has 0 aromatic carbocycles. The van der Waals surface area contributed by atoms with Crippen LogP contribution in [0.1, 0.15) is 59.8 Å². The zero-order valence-electron chi connectivity index (χ0n) is 17.8. The first kappa shape index (κ1) is 24.6. The highest BCUT2D eigenvalue weighted by molar-refractivity contribution is 6.08. The number of rotatable bonds is 11. The van der Waals surface area contributed by atoms with E-state index in [2.05, 4.69) is 32.2 Å². The largest absolute Gasteiger partial charge is 0.481 e. The minimum atomic E-state index is -1.37. The molecule has 0 spiro atoms. The number of carbonyl (C=O) groups excluding carboxylic acids is 2. The fraction of sp³-hybridized carbons (Fsp3) is 0.522. The van der Waals surface area contributed by atoms with Crippen molar-refractivity contribution in [2.75, 3.05) is 0 Å². The van der Waals surface area contributed by atoms with Gasteiger partial charge in [0.15, 0.2) is 0 Å². The molecule has 0 unspecified atom stereocenters. The Morgan fingerprint density at radius 3 is 2.52 bits per heavy atom. The predicted octanol–water partition coefficient (Wildman–Crippen LogP) is 3.69. The molecule has 6 nitrogen and oxygen atoms in total. The highest BCUT2D eigenvalue weighted by Crippen LogP contribution is 2.24. The number of hydrogen-bond acceptors (Lipinski definition) is 4. The SMILES string of the molecule is CC(C)=C[C@H](C)C[C@H](C)/C=C/C(=O)NC1=C[C@](O)(CCCCC(=O)O)C=CC1=O. The Morgan fingerprint density at radius 1 is 1.21 bits per heavy atom. The molecule has 0 aliphatic heterocycles. The first-order valence-electron chi connectivity index (χ1n) is 10.1. The van der Waals surface area contributed by atoms with Gasteiger partial charge in [0, 0.05) is 6.42 Å². The van der Waals surface area contributed by atoms with Crippen LogP contribution in [-0.2, 0) is 14.4 Å². The molecule has 160 valence electrons. The van der Waals surface area contributed by atoms with Gasteiger partial charge in [-0.2, -0.15) is 0 Å². The molecule has 3 N–H and O–H groups in total. The van der Waals surface area contributed by atoms with Crippen LogP contribution in [0.2, 0.25) is 0 Å². The minimum absolute atomic E-state index is 0.0290. The second-order valence-corrected chi connectivity index (χ2v) is 8.13. The summed E-state index contributed by atoms with van der Waals surface area (Å²) < 4.78 is 0. The van der Waals surface area contributed by atoms with Gasteiger partial charge in [-0.1, -0.05) is 31.6 Å². The van der Waals surface area contributed by atoms with E-state index in [1.54, 1.807) is 0 Å². The molecule has 6 heteroatoms. The number of carboxylic acid groups (broad SMARTS) is 1. The molecule has 0 fully saturated rings. The monoisotopic (exact) mass is 403 g/mol. The van der Waals surface area contributed by atoms with Crippen molar-refractivity contribution in [3.05, 3.63) is 47.7 Å². The average molecular weight is 404 g/mol. The molecule has 0 radical (unpaired) electrons. The molecule has 0 heterocycles. The number of carboxylic acids is 1. The summed E-state index contributed by atoms with van der Waals surface area (Å²) in [7, 11) is 0. The van der Waals surface area contributed by atoms with Crippen molar-refractivity contribution in [3.63, 3.8) is 0 Å². The lowest BCUT2D eigenvalue weighted by atomic mass is 9.90. The Bertz CT molecular complexity index is 728. The molecule has 1 aliphatic rings. The van der Waals surface area contributed by atoms with Crippen LogP contribution < -0.4 is 5.32 Å². The van der Waals surface area contributed by atoms with Gasteiger partial charge in [-0.3, -0.25) is 14.4 Å². The minimum Gasteiger partial charge on any atom is -0.481 e. The fourth-order valence-electron chi connectivity index (χ4n) is 3.34. The first-order chi connectivity index (χ1) is 13.5. The molecular formula is C23H33NO5. The van der Waals surface area contributed by atoms with Gasteiger partial charge in [0.2, 0.25) is 11.7 Å². The second kappa shape index (κ2) is 11.5. The van der Waals surface area contributed by atoms with Crippen molar-refractivity contribution in [1.29, 1.82) is 0 Å². The van der Waals surface area contributed by atoms with E-state index in [9.17, 15) is 19.5 Å². The number of aliphatic carboxylic acids is 1. The van der Waals surface area contributed by atoms with Crippen LogP contribution in [0.15, 0.2) is 47.7 Å². The molecule has 0 bridgehead atoms. The van der Waals surface area contributed by atoms with Crippen molar-refractivity contribution in [2.45, 2.75) is 65.4 Å². The smallest absolute Gasteiger partial charge is 0.303 e. The molecule has 0 aromatic heterocycles. The van der Waals surface area contributed by atoms with Gasteiger partial charge in [-0.15, -0.1) is 0 Å². The Balaban J connectivity index is 2.63. The number of hydrogen-bond donors (Lipinski definition) is 3. The second-order valence-electron chi connectivity index (χ2n) is 8.13. The highest BCUT2D eigenvalue weighted by Gasteiger charge is 2.27. The van der Waals surface area contributed by atoms with E-state index in [1.807, 2.05) is 13.0 Å². The van der Waals surface area contributed by atoms with Gasteiger partial charge >= 0.3 is 5.97 Å². The lowest BCUT2D eigenvalue weighted by Crippen LogP contribution is -2.34. The van der Waals surface area contributed by atoms with E-state index in [0.29, 0.717) is 18.8 Å². The molecule has 0 saturated heterocycles. The lowest BCUT2D eigenvalue weighted by molar-refractivity contribution is -0.137. The third-order valence-corrected chi connectivity index (χ3v) is 4.60. The van der Waals surface area contributed by atoms with Gasteiger partial charge in [-0.05, 0) is 75.7 Å². The Labute approximate surface area is 173 Å². The molecule has 0 aromatic rings. The maximum absolute atomic E-state index is 12.2. The normalized spacial score (nSPS) is 20.9. The number of carbonyl (C=O) groups is 3. The summed E-state index contributed by atoms with van der Waals surface area (Å²) in [5, 5.41) is 21.8. The van der Waals surface area contributed by atoms with Gasteiger partial charge in [0.1, 0.15) is 5.60 Å². The van der Waals surface area contributed by atoms with E-state index in [4.69, 9.17) is 5.11 Å². The molecule has 0 saturated carbocycles. The zero-order valence-corrected chi connectivity index (χ0v) is 17.8. The van der Waals surface area contributed by atoms with E-state index in [1.165, 1.54) is 29.9 Å². The van der Waals surface area contributed by atoms with Crippen molar-refractivity contribution in [2.24, 2.45) is 11.8 Å². The summed E-state index contributed by atoms with van der Waals surface area (Å²) in [6.07, 6.45) is 11.5. The van der Waals surface area contributed by atoms with E-state index in [0.717, 1.165) is 6.42 Å². The van der Waals surface area contributed by atoms with Crippen molar-refractivity contribution in [1.82, 2.24) is 5.32 Å². The quantitative estimate of drug-likeness (QED) is 0.277. The van der Waals surface area contributed by atoms with Crippen LogP contribution in [0.5, 0.6) is 0 Å². The van der Waals surface area contributed by atoms with Crippen LogP contribution in [0.4, 0.5) is 0 Å². The topological polar surface area (TPSA) is 104 Å². The lowest BCUT2D eigenvalue weighted by Gasteiger charge is -2.25. The molecule has 1 rings (SSSR count). The van der Waals surface area contributed by atoms with E-state index in [-0.39, 0.29) is 30.2 Å². The number of amides is 1. The van der Waals surface area contributed by atoms with Crippen LogP contribution in [0.3, 0.4) is 0 Å². The number of ketones is 1. The predicted molar refractivity (Wildman–Crippen MR) is 113 cm³/mol. The first-order valence-corrected chi connectivity index (χ1v) is 10.1. The molecule has 29 heavy (non-hydrogen) atoms. The van der Waals surface area contributed by atoms with Crippen LogP contribution >= 0.6 is 0 Å². The summed E-state index contributed by atoms with van der Waals surface area (Å²) in [5.74, 6) is -1.08. The number of aliphatic hydroxyl groups is 1. The van der Waals surface area contributed by atoms with Crippen LogP contribution in [0.25, 0.3) is 0 Å². The summed E-state index contributed by atoms with van der Waals surface area (Å²) in [4.78, 5) is 34.8. The van der Waals surface area contributed by atoms with E-state index >= 15 is 0 Å². The third-order valence-electron chi connectivity index (χ3n) is 4.60. The standard InChI is InChI=1S/C23H33NO5/c1-16(2)13-18(4)14-17(3)8-9-21(26)24-19-15-23(29,12-10-20(19)25)11-6-5-7-22(27)28/h8-10,12-13,15,17-18,29H,5-7,11,14H2,1-4H3,(H,24,26)(H,27,28)/b9-8+/t17-,18+,23+/m1/s1. The number of unbranched alkanes of at least 4 members (excludes halogenated alkanes) is 1. The number of nitrogens with one attached hydrogen (secondary N) is 1. The van der Waals surface area contributed by atoms with Crippen molar-refractivity contribution in [3.8, 4) is 0 Å². The van der Waals surface area contributed by atoms with Gasteiger partial charge in [0.05, 0.1) is 5.70 Å².